The van der Waals surface area contributed by atoms with Crippen molar-refractivity contribution in [2.75, 3.05) is 33.4 Å². The van der Waals surface area contributed by atoms with Crippen molar-refractivity contribution in [2.45, 2.75) is 37.7 Å². The van der Waals surface area contributed by atoms with Crippen molar-refractivity contribution in [1.29, 1.82) is 0 Å². The predicted octanol–water partition coefficient (Wildman–Crippen LogP) is 1.11. The Balaban J connectivity index is 0.00000180. The van der Waals surface area contributed by atoms with Crippen molar-refractivity contribution < 1.29 is 9.84 Å². The first kappa shape index (κ1) is 17.0. The second-order valence-electron chi connectivity index (χ2n) is 5.47. The Bertz CT molecular complexity index is 288. The topological polar surface area (TPSA) is 65.9 Å². The van der Waals surface area contributed by atoms with Crippen LogP contribution in [0.2, 0.25) is 0 Å². The van der Waals surface area contributed by atoms with Gasteiger partial charge in [-0.25, -0.2) is 0 Å². The van der Waals surface area contributed by atoms with Gasteiger partial charge in [0.15, 0.2) is 5.96 Å². The minimum Gasteiger partial charge on any atom is -0.388 e. The number of nitrogens with zero attached hydrogens (tertiary/aromatic N) is 1. The van der Waals surface area contributed by atoms with Crippen LogP contribution in [0.25, 0.3) is 0 Å². The molecule has 1 heterocycles. The number of ether oxygens (including phenoxy) is 1. The fraction of sp³-hybridized carbons (Fsp3) is 0.923. The number of hydrogen-bond acceptors (Lipinski definition) is 3. The third-order valence-electron chi connectivity index (χ3n) is 3.92. The van der Waals surface area contributed by atoms with Crippen molar-refractivity contribution in [2.24, 2.45) is 10.9 Å². The summed E-state index contributed by atoms with van der Waals surface area (Å²) in [6.07, 6.45) is 5.17. The van der Waals surface area contributed by atoms with Crippen LogP contribution >= 0.6 is 24.0 Å². The zero-order valence-electron chi connectivity index (χ0n) is 11.7. The highest BCUT2D eigenvalue weighted by Crippen LogP contribution is 2.28. The zero-order chi connectivity index (χ0) is 12.8. The number of guanidine groups is 1. The van der Waals surface area contributed by atoms with E-state index in [0.29, 0.717) is 12.5 Å². The molecule has 1 saturated carbocycles. The number of aliphatic imine (C=N–C) groups is 1. The molecular formula is C13H26IN3O2. The Morgan fingerprint density at radius 1 is 1.37 bits per heavy atom. The summed E-state index contributed by atoms with van der Waals surface area (Å²) in [6.45, 7) is 3.19. The molecule has 0 radical (unpaired) electrons. The normalized spacial score (nSPS) is 26.0. The first-order valence-electron chi connectivity index (χ1n) is 6.96. The van der Waals surface area contributed by atoms with Gasteiger partial charge in [0, 0.05) is 32.7 Å². The molecule has 6 heteroatoms. The monoisotopic (exact) mass is 383 g/mol. The predicted molar refractivity (Wildman–Crippen MR) is 87.1 cm³/mol. The maximum absolute atomic E-state index is 10.3. The fourth-order valence-electron chi connectivity index (χ4n) is 2.66. The van der Waals surface area contributed by atoms with Crippen LogP contribution < -0.4 is 10.6 Å². The average molecular weight is 383 g/mol. The van der Waals surface area contributed by atoms with Crippen molar-refractivity contribution in [3.8, 4) is 0 Å². The van der Waals surface area contributed by atoms with Crippen LogP contribution in [0.4, 0.5) is 0 Å². The average Bonchev–Trinajstić information content (AvgIpc) is 3.01. The summed E-state index contributed by atoms with van der Waals surface area (Å²) >= 11 is 0. The number of aliphatic hydroxyl groups is 1. The smallest absolute Gasteiger partial charge is 0.191 e. The van der Waals surface area contributed by atoms with Crippen LogP contribution in [-0.2, 0) is 4.74 Å². The molecule has 1 aliphatic heterocycles. The van der Waals surface area contributed by atoms with E-state index in [1.54, 1.807) is 7.05 Å². The molecule has 0 amide bonds. The van der Waals surface area contributed by atoms with Crippen molar-refractivity contribution in [1.82, 2.24) is 10.6 Å². The van der Waals surface area contributed by atoms with E-state index in [0.717, 1.165) is 57.8 Å². The summed E-state index contributed by atoms with van der Waals surface area (Å²) < 4.78 is 5.34. The Morgan fingerprint density at radius 3 is 2.68 bits per heavy atom. The van der Waals surface area contributed by atoms with E-state index in [9.17, 15) is 5.11 Å². The molecule has 0 aromatic rings. The van der Waals surface area contributed by atoms with Gasteiger partial charge in [0.1, 0.15) is 0 Å². The minimum atomic E-state index is -0.534. The van der Waals surface area contributed by atoms with E-state index in [1.165, 1.54) is 0 Å². The van der Waals surface area contributed by atoms with E-state index in [2.05, 4.69) is 15.6 Å². The van der Waals surface area contributed by atoms with E-state index in [-0.39, 0.29) is 24.0 Å². The van der Waals surface area contributed by atoms with E-state index < -0.39 is 5.60 Å². The van der Waals surface area contributed by atoms with E-state index in [1.807, 2.05) is 0 Å². The van der Waals surface area contributed by atoms with Crippen LogP contribution in [-0.4, -0.2) is 50.0 Å². The molecule has 1 saturated heterocycles. The molecule has 0 spiro atoms. The molecule has 2 aliphatic rings. The molecule has 3 N–H and O–H groups in total. The molecule has 1 unspecified atom stereocenters. The van der Waals surface area contributed by atoms with Crippen LogP contribution in [0.5, 0.6) is 0 Å². The second kappa shape index (κ2) is 8.26. The van der Waals surface area contributed by atoms with Crippen molar-refractivity contribution in [3.05, 3.63) is 0 Å². The third-order valence-corrected chi connectivity index (χ3v) is 3.92. The summed E-state index contributed by atoms with van der Waals surface area (Å²) in [7, 11) is 1.76. The van der Waals surface area contributed by atoms with Gasteiger partial charge in [-0.3, -0.25) is 4.99 Å². The third kappa shape index (κ3) is 5.43. The zero-order valence-corrected chi connectivity index (χ0v) is 14.0. The van der Waals surface area contributed by atoms with E-state index in [4.69, 9.17) is 4.74 Å². The lowest BCUT2D eigenvalue weighted by molar-refractivity contribution is 0.0521. The highest BCUT2D eigenvalue weighted by atomic mass is 127. The Morgan fingerprint density at radius 2 is 2.11 bits per heavy atom. The quantitative estimate of drug-likeness (QED) is 0.387. The number of nitrogens with one attached hydrogen (secondary N) is 2. The minimum absolute atomic E-state index is 0. The number of halogens is 1. The van der Waals surface area contributed by atoms with Crippen LogP contribution in [0.15, 0.2) is 4.99 Å². The molecular weight excluding hydrogens is 357 g/mol. The second-order valence-corrected chi connectivity index (χ2v) is 5.47. The maximum atomic E-state index is 10.3. The largest absolute Gasteiger partial charge is 0.388 e. The van der Waals surface area contributed by atoms with Gasteiger partial charge in [-0.15, -0.1) is 24.0 Å². The molecule has 0 aromatic heterocycles. The van der Waals surface area contributed by atoms with Crippen molar-refractivity contribution in [3.63, 3.8) is 0 Å². The van der Waals surface area contributed by atoms with Crippen LogP contribution in [0.1, 0.15) is 32.1 Å². The standard InChI is InChI=1S/C13H25N3O2.HI/c1-14-12(15-8-11-4-7-18-9-11)16-10-13(17)5-2-3-6-13;/h11,17H,2-10H2,1H3,(H2,14,15,16);1H. The SMILES string of the molecule is CN=C(NCC1CCOC1)NCC1(O)CCCC1.I. The lowest BCUT2D eigenvalue weighted by Crippen LogP contribution is -2.47. The van der Waals surface area contributed by atoms with Gasteiger partial charge in [-0.05, 0) is 19.3 Å². The summed E-state index contributed by atoms with van der Waals surface area (Å²) in [5, 5.41) is 16.8. The van der Waals surface area contributed by atoms with Gasteiger partial charge < -0.3 is 20.5 Å². The molecule has 1 aliphatic carbocycles. The van der Waals surface area contributed by atoms with Gasteiger partial charge in [0.25, 0.3) is 0 Å². The maximum Gasteiger partial charge on any atom is 0.191 e. The Hall–Kier alpha value is -0.0800. The molecule has 5 nitrogen and oxygen atoms in total. The first-order valence-corrected chi connectivity index (χ1v) is 6.96. The van der Waals surface area contributed by atoms with Crippen LogP contribution in [0.3, 0.4) is 0 Å². The van der Waals surface area contributed by atoms with Crippen LogP contribution in [0, 0.1) is 5.92 Å². The lowest BCUT2D eigenvalue weighted by Gasteiger charge is -2.24. The van der Waals surface area contributed by atoms with Gasteiger partial charge in [-0.1, -0.05) is 12.8 Å². The highest BCUT2D eigenvalue weighted by Gasteiger charge is 2.31. The van der Waals surface area contributed by atoms with Gasteiger partial charge in [-0.2, -0.15) is 0 Å². The number of hydrogen-bond donors (Lipinski definition) is 3. The molecule has 0 bridgehead atoms. The molecule has 0 aromatic carbocycles. The summed E-state index contributed by atoms with van der Waals surface area (Å²) in [6, 6.07) is 0. The molecule has 1 atom stereocenters. The number of rotatable bonds is 4. The van der Waals surface area contributed by atoms with E-state index >= 15 is 0 Å². The first-order chi connectivity index (χ1) is 8.72. The lowest BCUT2D eigenvalue weighted by atomic mass is 10.0. The van der Waals surface area contributed by atoms with Gasteiger partial charge >= 0.3 is 0 Å². The Labute approximate surface area is 132 Å². The molecule has 19 heavy (non-hydrogen) atoms. The highest BCUT2D eigenvalue weighted by molar-refractivity contribution is 14.0. The molecule has 112 valence electrons. The summed E-state index contributed by atoms with van der Waals surface area (Å²) in [4.78, 5) is 4.18. The summed E-state index contributed by atoms with van der Waals surface area (Å²) in [5.41, 5.74) is -0.534. The van der Waals surface area contributed by atoms with Gasteiger partial charge in [0.2, 0.25) is 0 Å². The Kier molecular flexibility index (Phi) is 7.38. The molecule has 2 fully saturated rings. The summed E-state index contributed by atoms with van der Waals surface area (Å²) in [5.74, 6) is 1.36. The fourth-order valence-corrected chi connectivity index (χ4v) is 2.66. The molecule has 2 rings (SSSR count). The van der Waals surface area contributed by atoms with Crippen molar-refractivity contribution >= 4 is 29.9 Å². The van der Waals surface area contributed by atoms with Gasteiger partial charge in [0.05, 0.1) is 12.2 Å².